The number of fused-ring (bicyclic) bond motifs is 6. The van der Waals surface area contributed by atoms with Gasteiger partial charge in [0.15, 0.2) is 0 Å². The first-order valence-corrected chi connectivity index (χ1v) is 20.4. The summed E-state index contributed by atoms with van der Waals surface area (Å²) < 4.78 is 42.3. The summed E-state index contributed by atoms with van der Waals surface area (Å²) in [5.74, 6) is -2.87. The van der Waals surface area contributed by atoms with Crippen LogP contribution in [0.4, 0.5) is 18.4 Å². The topological polar surface area (TPSA) is 170 Å². The number of likely N-dealkylation sites (tertiary alicyclic amines) is 1. The first-order chi connectivity index (χ1) is 28.7. The normalized spacial score (nSPS) is 23.5. The van der Waals surface area contributed by atoms with Gasteiger partial charge in [0.25, 0.3) is 5.92 Å². The summed E-state index contributed by atoms with van der Waals surface area (Å²) in [5, 5.41) is 11.6. The second kappa shape index (κ2) is 14.5. The van der Waals surface area contributed by atoms with E-state index in [-0.39, 0.29) is 59.6 Å². The van der Waals surface area contributed by atoms with Crippen LogP contribution in [0.3, 0.4) is 0 Å². The molecule has 2 aliphatic heterocycles. The Morgan fingerprint density at radius 2 is 1.53 bits per heavy atom. The lowest BCUT2D eigenvalue weighted by Crippen LogP contribution is -2.54. The predicted molar refractivity (Wildman–Crippen MR) is 218 cm³/mol. The molecule has 4 atom stereocenters. The van der Waals surface area contributed by atoms with Crippen molar-refractivity contribution in [2.24, 2.45) is 11.3 Å². The lowest BCUT2D eigenvalue weighted by atomic mass is 9.83. The summed E-state index contributed by atoms with van der Waals surface area (Å²) in [6, 6.07) is 15.9. The van der Waals surface area contributed by atoms with E-state index in [1.54, 1.807) is 29.3 Å². The van der Waals surface area contributed by atoms with Crippen LogP contribution in [0, 0.1) is 11.3 Å². The van der Waals surface area contributed by atoms with Crippen molar-refractivity contribution < 1.29 is 37.4 Å². The molecule has 1 aromatic heterocycles. The number of alkyl halides is 2. The lowest BCUT2D eigenvalue weighted by molar-refractivity contribution is -0.139. The van der Waals surface area contributed by atoms with Gasteiger partial charge in [-0.25, -0.2) is 14.6 Å². The van der Waals surface area contributed by atoms with Crippen molar-refractivity contribution >= 4 is 40.7 Å². The molecule has 3 aliphatic carbocycles. The molecule has 1 unspecified atom stereocenters. The summed E-state index contributed by atoms with van der Waals surface area (Å²) >= 11 is 0. The van der Waals surface area contributed by atoms with E-state index in [0.717, 1.165) is 43.2 Å². The van der Waals surface area contributed by atoms with Crippen LogP contribution in [0.25, 0.3) is 39.0 Å². The average molecular weight is 823 g/mol. The van der Waals surface area contributed by atoms with Crippen molar-refractivity contribution in [3.63, 3.8) is 0 Å². The number of imidazole rings is 1. The summed E-state index contributed by atoms with van der Waals surface area (Å²) in [7, 11) is 2.49. The molecule has 0 radical (unpaired) electrons. The average Bonchev–Trinajstić information content (AvgIpc) is 3.80. The number of ether oxygens (including phenoxy) is 2. The minimum Gasteiger partial charge on any atom is -0.453 e. The van der Waals surface area contributed by atoms with E-state index < -0.39 is 23.6 Å². The van der Waals surface area contributed by atoms with Gasteiger partial charge in [-0.1, -0.05) is 37.3 Å². The van der Waals surface area contributed by atoms with E-state index in [4.69, 9.17) is 4.98 Å². The molecule has 4 aromatic rings. The molecule has 0 spiro atoms. The second-order valence-corrected chi connectivity index (χ2v) is 17.2. The fraction of sp³-hybridized carbons (Fsp3) is 0.432. The highest BCUT2D eigenvalue weighted by atomic mass is 19.3. The van der Waals surface area contributed by atoms with E-state index >= 15 is 8.78 Å². The van der Waals surface area contributed by atoms with Crippen LogP contribution >= 0.6 is 0 Å². The molecular formula is C44H48F2N8O6. The molecule has 314 valence electrons. The Bertz CT molecular complexity index is 2470. The number of carbonyl (C=O) groups excluding carboxylic acids is 4. The molecule has 5 aliphatic rings. The van der Waals surface area contributed by atoms with E-state index in [1.807, 2.05) is 42.2 Å². The van der Waals surface area contributed by atoms with Crippen LogP contribution in [0.2, 0.25) is 0 Å². The number of piperidine rings is 1. The van der Waals surface area contributed by atoms with Crippen molar-refractivity contribution in [2.75, 3.05) is 40.4 Å². The Kier molecular flexibility index (Phi) is 9.51. The molecule has 60 heavy (non-hydrogen) atoms. The van der Waals surface area contributed by atoms with Crippen LogP contribution in [0.5, 0.6) is 0 Å². The van der Waals surface area contributed by atoms with Gasteiger partial charge in [-0.3, -0.25) is 9.59 Å². The van der Waals surface area contributed by atoms with Gasteiger partial charge in [0.2, 0.25) is 11.8 Å². The third-order valence-corrected chi connectivity index (χ3v) is 13.3. The summed E-state index contributed by atoms with van der Waals surface area (Å²) in [6.45, 7) is 4.60. The number of alkyl carbamates (subject to hydrolysis) is 2. The Morgan fingerprint density at radius 3 is 2.23 bits per heavy atom. The molecule has 16 heteroatoms. The number of aromatic amines is 1. The van der Waals surface area contributed by atoms with Crippen molar-refractivity contribution in [1.82, 2.24) is 41.0 Å². The van der Waals surface area contributed by atoms with Crippen LogP contribution in [-0.2, 0) is 30.5 Å². The van der Waals surface area contributed by atoms with E-state index in [1.165, 1.54) is 20.3 Å². The van der Waals surface area contributed by atoms with Gasteiger partial charge in [-0.2, -0.15) is 8.78 Å². The van der Waals surface area contributed by atoms with Crippen LogP contribution in [0.15, 0.2) is 60.8 Å². The summed E-state index contributed by atoms with van der Waals surface area (Å²) in [4.78, 5) is 61.9. The number of hydrogen-bond donors (Lipinski definition) is 5. The molecule has 2 saturated carbocycles. The number of amides is 4. The molecule has 3 fully saturated rings. The summed E-state index contributed by atoms with van der Waals surface area (Å²) in [6.07, 6.45) is 4.72. The Morgan fingerprint density at radius 1 is 0.883 bits per heavy atom. The van der Waals surface area contributed by atoms with Gasteiger partial charge in [-0.05, 0) is 102 Å². The maximum Gasteiger partial charge on any atom is 0.407 e. The van der Waals surface area contributed by atoms with Gasteiger partial charge in [0.05, 0.1) is 37.5 Å². The van der Waals surface area contributed by atoms with E-state index in [2.05, 4.69) is 42.6 Å². The van der Waals surface area contributed by atoms with Crippen LogP contribution < -0.4 is 21.3 Å². The molecule has 5 N–H and O–H groups in total. The predicted octanol–water partition coefficient (Wildman–Crippen LogP) is 5.73. The highest BCUT2D eigenvalue weighted by Crippen LogP contribution is 2.55. The number of methoxy groups -OCH3 is 2. The van der Waals surface area contributed by atoms with Gasteiger partial charge >= 0.3 is 12.2 Å². The standard InChI is InChI=1S/C44H48F2N8O6/c1-42(13-14-42)23-53(37(55)20-48-40(57)59-3)22-36-47-19-35(50-36)26-6-11-30-29-10-5-24(15-31(29)44(45,46)32(30)16-26)25-7-12-33-34(17-25)52-39(51-33)43(2)27-8-9-28(18-27)54(43)38(56)21-49-41(58)60-4/h5-7,10-12,15-17,19,27-28,36,47,50H,8-9,13-14,18,20-23H2,1-4H3,(H,48,57)(H,49,58)(H,51,52)/t27-,28+,36?,43-/m0/s1. The molecular weight excluding hydrogens is 775 g/mol. The molecule has 14 nitrogen and oxygen atoms in total. The van der Waals surface area contributed by atoms with Gasteiger partial charge in [-0.15, -0.1) is 0 Å². The summed E-state index contributed by atoms with van der Waals surface area (Å²) in [5.41, 5.74) is 4.10. The van der Waals surface area contributed by atoms with Gasteiger partial charge in [0, 0.05) is 29.9 Å². The fourth-order valence-corrected chi connectivity index (χ4v) is 9.71. The number of benzene rings is 3. The third kappa shape index (κ3) is 6.75. The smallest absolute Gasteiger partial charge is 0.407 e. The SMILES string of the molecule is COC(=O)NCC(=O)N(CC1NC=C(c2ccc3c(c2)C(F)(F)c2cc(-c4ccc5nc([C@]6(C)[C@H]7CC[C@H](C7)N6C(=O)CNC(=O)OC)[nH]c5c4)ccc2-3)N1)CC1(C)CC1. The quantitative estimate of drug-likeness (QED) is 0.127. The van der Waals surface area contributed by atoms with Crippen molar-refractivity contribution in [3.8, 4) is 22.3 Å². The highest BCUT2D eigenvalue weighted by molar-refractivity contribution is 5.88. The monoisotopic (exact) mass is 822 g/mol. The minimum atomic E-state index is -3.27. The zero-order valence-corrected chi connectivity index (χ0v) is 33.9. The fourth-order valence-electron chi connectivity index (χ4n) is 9.71. The van der Waals surface area contributed by atoms with Gasteiger partial charge in [0.1, 0.15) is 30.6 Å². The number of nitrogens with zero attached hydrogens (tertiary/aromatic N) is 3. The van der Waals surface area contributed by atoms with Gasteiger partial charge < -0.3 is 45.5 Å². The number of aromatic nitrogens is 2. The number of halogens is 2. The molecule has 3 aromatic carbocycles. The van der Waals surface area contributed by atoms with Crippen LogP contribution in [0.1, 0.15) is 68.5 Å². The van der Waals surface area contributed by atoms with Crippen molar-refractivity contribution in [2.45, 2.75) is 69.6 Å². The minimum absolute atomic E-state index is 0.0254. The van der Waals surface area contributed by atoms with Crippen molar-refractivity contribution in [3.05, 3.63) is 83.3 Å². The van der Waals surface area contributed by atoms with E-state index in [9.17, 15) is 19.2 Å². The molecule has 2 bridgehead atoms. The number of nitrogens with one attached hydrogen (secondary N) is 5. The number of H-pyrrole nitrogens is 1. The van der Waals surface area contributed by atoms with Crippen LogP contribution in [-0.4, -0.2) is 96.4 Å². The largest absolute Gasteiger partial charge is 0.453 e. The zero-order valence-electron chi connectivity index (χ0n) is 33.9. The maximum absolute atomic E-state index is 16.5. The number of carbonyl (C=O) groups is 4. The lowest BCUT2D eigenvalue weighted by Gasteiger charge is -2.43. The Labute approximate surface area is 345 Å². The molecule has 9 rings (SSSR count). The first kappa shape index (κ1) is 39.3. The second-order valence-electron chi connectivity index (χ2n) is 17.2. The number of hydrogen-bond acceptors (Lipinski definition) is 9. The zero-order chi connectivity index (χ0) is 42.1. The Hall–Kier alpha value is -6.19. The Balaban J connectivity index is 0.918. The third-order valence-electron chi connectivity index (χ3n) is 13.3. The molecule has 3 heterocycles. The van der Waals surface area contributed by atoms with Crippen molar-refractivity contribution in [1.29, 1.82) is 0 Å². The molecule has 4 amide bonds. The maximum atomic E-state index is 16.5. The first-order valence-electron chi connectivity index (χ1n) is 20.4. The molecule has 1 saturated heterocycles. The highest BCUT2D eigenvalue weighted by Gasteiger charge is 2.58. The van der Waals surface area contributed by atoms with E-state index in [0.29, 0.717) is 52.4 Å². The number of rotatable bonds is 11.